The normalized spacial score (nSPS) is 16.1. The summed E-state index contributed by atoms with van der Waals surface area (Å²) in [4.78, 5) is 4.31. The van der Waals surface area contributed by atoms with Gasteiger partial charge in [-0.1, -0.05) is 0 Å². The van der Waals surface area contributed by atoms with Gasteiger partial charge in [0, 0.05) is 12.1 Å². The smallest absolute Gasteiger partial charge is 0.178 e. The number of hydrogen-bond donors (Lipinski definition) is 1. The van der Waals surface area contributed by atoms with E-state index in [1.165, 1.54) is 6.07 Å². The average Bonchev–Trinajstić information content (AvgIpc) is 2.93. The van der Waals surface area contributed by atoms with Crippen molar-refractivity contribution in [3.63, 3.8) is 0 Å². The number of fused-ring (bicyclic) bond motifs is 1. The maximum atomic E-state index is 13.3. The van der Waals surface area contributed by atoms with Crippen molar-refractivity contribution >= 4 is 32.7 Å². The van der Waals surface area contributed by atoms with Gasteiger partial charge in [0.2, 0.25) is 0 Å². The Hall–Kier alpha value is -1.10. The zero-order valence-electron chi connectivity index (χ0n) is 7.87. The van der Waals surface area contributed by atoms with E-state index in [1.807, 2.05) is 4.57 Å². The lowest BCUT2D eigenvalue weighted by molar-refractivity contribution is 0.632. The summed E-state index contributed by atoms with van der Waals surface area (Å²) in [6, 6.07) is 3.50. The second-order valence-electron chi connectivity index (χ2n) is 3.84. The number of nitrogens with zero attached hydrogens (tertiary/aromatic N) is 2. The molecule has 3 rings (SSSR count). The minimum absolute atomic E-state index is 0.149. The fourth-order valence-electron chi connectivity index (χ4n) is 1.78. The summed E-state index contributed by atoms with van der Waals surface area (Å²) in [7, 11) is 0. The maximum absolute atomic E-state index is 13.3. The Bertz CT molecular complexity index is 545. The van der Waals surface area contributed by atoms with E-state index in [0.717, 1.165) is 28.6 Å². The SMILES string of the molecule is Nc1cc2nc(Br)n(C3CC3)c2cc1F. The van der Waals surface area contributed by atoms with Crippen molar-refractivity contribution in [2.45, 2.75) is 18.9 Å². The molecule has 3 nitrogen and oxygen atoms in total. The summed E-state index contributed by atoms with van der Waals surface area (Å²) in [6.45, 7) is 0. The lowest BCUT2D eigenvalue weighted by Gasteiger charge is -2.03. The van der Waals surface area contributed by atoms with Gasteiger partial charge in [-0.05, 0) is 34.8 Å². The Balaban J connectivity index is 2.34. The van der Waals surface area contributed by atoms with Gasteiger partial charge >= 0.3 is 0 Å². The molecule has 1 aliphatic carbocycles. The van der Waals surface area contributed by atoms with E-state index in [0.29, 0.717) is 6.04 Å². The number of rotatable bonds is 1. The Labute approximate surface area is 94.2 Å². The zero-order chi connectivity index (χ0) is 10.6. The molecule has 5 heteroatoms. The molecule has 2 aromatic rings. The van der Waals surface area contributed by atoms with Crippen LogP contribution in [0.25, 0.3) is 11.0 Å². The van der Waals surface area contributed by atoms with Gasteiger partial charge in [0.25, 0.3) is 0 Å². The number of halogens is 2. The lowest BCUT2D eigenvalue weighted by Crippen LogP contribution is -1.95. The number of nitrogen functional groups attached to an aromatic ring is 1. The first kappa shape index (κ1) is 9.15. The molecule has 0 aliphatic heterocycles. The fourth-order valence-corrected chi connectivity index (χ4v) is 2.45. The standard InChI is InChI=1S/C10H9BrFN3/c11-10-14-8-4-7(13)6(12)3-9(8)15(10)5-1-2-5/h3-5H,1-2,13H2. The molecule has 1 heterocycles. The molecule has 2 N–H and O–H groups in total. The molecule has 1 aromatic heterocycles. The topological polar surface area (TPSA) is 43.8 Å². The largest absolute Gasteiger partial charge is 0.396 e. The molecule has 0 spiro atoms. The number of anilines is 1. The molecule has 0 saturated heterocycles. The van der Waals surface area contributed by atoms with Crippen LogP contribution in [0.4, 0.5) is 10.1 Å². The van der Waals surface area contributed by atoms with Crippen LogP contribution in [0, 0.1) is 5.82 Å². The molecule has 1 aromatic carbocycles. The molecule has 1 aliphatic rings. The van der Waals surface area contributed by atoms with Gasteiger partial charge in [-0.2, -0.15) is 0 Å². The molecule has 0 radical (unpaired) electrons. The highest BCUT2D eigenvalue weighted by molar-refractivity contribution is 9.10. The molecule has 78 valence electrons. The van der Waals surface area contributed by atoms with E-state index in [1.54, 1.807) is 6.07 Å². The number of benzene rings is 1. The summed E-state index contributed by atoms with van der Waals surface area (Å²) >= 11 is 3.39. The summed E-state index contributed by atoms with van der Waals surface area (Å²) < 4.78 is 16.1. The first-order valence-electron chi connectivity index (χ1n) is 4.79. The second-order valence-corrected chi connectivity index (χ2v) is 4.55. The zero-order valence-corrected chi connectivity index (χ0v) is 9.46. The van der Waals surface area contributed by atoms with E-state index >= 15 is 0 Å². The van der Waals surface area contributed by atoms with E-state index in [4.69, 9.17) is 5.73 Å². The third kappa shape index (κ3) is 1.33. The molecule has 0 amide bonds. The maximum Gasteiger partial charge on any atom is 0.178 e. The lowest BCUT2D eigenvalue weighted by atomic mass is 10.2. The van der Waals surface area contributed by atoms with E-state index < -0.39 is 0 Å². The van der Waals surface area contributed by atoms with Crippen molar-refractivity contribution in [1.29, 1.82) is 0 Å². The predicted molar refractivity (Wildman–Crippen MR) is 60.1 cm³/mol. The molecular weight excluding hydrogens is 261 g/mol. The summed E-state index contributed by atoms with van der Waals surface area (Å²) in [5.74, 6) is -0.378. The minimum Gasteiger partial charge on any atom is -0.396 e. The van der Waals surface area contributed by atoms with Crippen LogP contribution in [0.5, 0.6) is 0 Å². The minimum atomic E-state index is -0.378. The summed E-state index contributed by atoms with van der Waals surface area (Å²) in [5.41, 5.74) is 7.20. The Morgan fingerprint density at radius 1 is 1.47 bits per heavy atom. The van der Waals surface area contributed by atoms with Gasteiger partial charge < -0.3 is 10.3 Å². The third-order valence-electron chi connectivity index (χ3n) is 2.68. The van der Waals surface area contributed by atoms with Crippen LogP contribution in [0.2, 0.25) is 0 Å². The van der Waals surface area contributed by atoms with Crippen LogP contribution in [-0.4, -0.2) is 9.55 Å². The quantitative estimate of drug-likeness (QED) is 0.810. The Kier molecular flexibility index (Phi) is 1.80. The van der Waals surface area contributed by atoms with Crippen LogP contribution in [0.15, 0.2) is 16.9 Å². The first-order chi connectivity index (χ1) is 7.16. The highest BCUT2D eigenvalue weighted by atomic mass is 79.9. The van der Waals surface area contributed by atoms with Crippen molar-refractivity contribution in [1.82, 2.24) is 9.55 Å². The summed E-state index contributed by atoms with van der Waals surface area (Å²) in [6.07, 6.45) is 2.27. The average molecular weight is 270 g/mol. The van der Waals surface area contributed by atoms with Gasteiger partial charge in [-0.15, -0.1) is 0 Å². The number of aromatic nitrogens is 2. The third-order valence-corrected chi connectivity index (χ3v) is 3.24. The van der Waals surface area contributed by atoms with Crippen molar-refractivity contribution in [3.8, 4) is 0 Å². The Morgan fingerprint density at radius 3 is 2.87 bits per heavy atom. The van der Waals surface area contributed by atoms with Crippen molar-refractivity contribution in [3.05, 3.63) is 22.7 Å². The van der Waals surface area contributed by atoms with Crippen LogP contribution < -0.4 is 5.73 Å². The van der Waals surface area contributed by atoms with Crippen LogP contribution in [-0.2, 0) is 0 Å². The number of hydrogen-bond acceptors (Lipinski definition) is 2. The first-order valence-corrected chi connectivity index (χ1v) is 5.58. The van der Waals surface area contributed by atoms with Crippen molar-refractivity contribution in [2.75, 3.05) is 5.73 Å². The molecule has 15 heavy (non-hydrogen) atoms. The number of nitrogens with two attached hydrogens (primary N) is 1. The molecule has 0 unspecified atom stereocenters. The van der Waals surface area contributed by atoms with Crippen molar-refractivity contribution < 1.29 is 4.39 Å². The van der Waals surface area contributed by atoms with Crippen molar-refractivity contribution in [2.24, 2.45) is 0 Å². The monoisotopic (exact) mass is 269 g/mol. The van der Waals surface area contributed by atoms with Crippen LogP contribution in [0.3, 0.4) is 0 Å². The van der Waals surface area contributed by atoms with Gasteiger partial charge in [-0.3, -0.25) is 0 Å². The number of imidazole rings is 1. The fraction of sp³-hybridized carbons (Fsp3) is 0.300. The van der Waals surface area contributed by atoms with Gasteiger partial charge in [0.05, 0.1) is 16.7 Å². The predicted octanol–water partition coefficient (Wildman–Crippen LogP) is 2.86. The molecule has 0 atom stereocenters. The molecule has 1 fully saturated rings. The van der Waals surface area contributed by atoms with E-state index in [-0.39, 0.29) is 11.5 Å². The van der Waals surface area contributed by atoms with Gasteiger partial charge in [0.1, 0.15) is 5.82 Å². The second kappa shape index (κ2) is 2.95. The van der Waals surface area contributed by atoms with E-state index in [2.05, 4.69) is 20.9 Å². The molecule has 0 bridgehead atoms. The van der Waals surface area contributed by atoms with Crippen LogP contribution >= 0.6 is 15.9 Å². The summed E-state index contributed by atoms with van der Waals surface area (Å²) in [5, 5.41) is 0. The van der Waals surface area contributed by atoms with E-state index in [9.17, 15) is 4.39 Å². The Morgan fingerprint density at radius 2 is 2.20 bits per heavy atom. The molecular formula is C10H9BrFN3. The van der Waals surface area contributed by atoms with Crippen LogP contribution in [0.1, 0.15) is 18.9 Å². The highest BCUT2D eigenvalue weighted by Gasteiger charge is 2.27. The highest BCUT2D eigenvalue weighted by Crippen LogP contribution is 2.40. The van der Waals surface area contributed by atoms with Gasteiger partial charge in [-0.25, -0.2) is 9.37 Å². The molecule has 1 saturated carbocycles. The van der Waals surface area contributed by atoms with Gasteiger partial charge in [0.15, 0.2) is 4.73 Å².